The maximum atomic E-state index is 13.0. The van der Waals surface area contributed by atoms with Gasteiger partial charge in [-0.2, -0.15) is 5.10 Å². The van der Waals surface area contributed by atoms with Gasteiger partial charge in [0.25, 0.3) is 5.91 Å². The highest BCUT2D eigenvalue weighted by atomic mass is 16.3. The van der Waals surface area contributed by atoms with Gasteiger partial charge in [-0.3, -0.25) is 4.79 Å². The molecule has 1 atom stereocenters. The summed E-state index contributed by atoms with van der Waals surface area (Å²) in [7, 11) is 2.00. The van der Waals surface area contributed by atoms with Gasteiger partial charge in [0.15, 0.2) is 11.5 Å². The number of aromatic nitrogens is 2. The van der Waals surface area contributed by atoms with Gasteiger partial charge in [-0.1, -0.05) is 18.2 Å². The van der Waals surface area contributed by atoms with E-state index in [9.17, 15) is 4.79 Å². The lowest BCUT2D eigenvalue weighted by atomic mass is 10.2. The summed E-state index contributed by atoms with van der Waals surface area (Å²) in [6.07, 6.45) is 2.75. The van der Waals surface area contributed by atoms with Gasteiger partial charge in [0, 0.05) is 36.6 Å². The first kappa shape index (κ1) is 20.1. The summed E-state index contributed by atoms with van der Waals surface area (Å²) in [6, 6.07) is 23.6. The first-order chi connectivity index (χ1) is 15.7. The van der Waals surface area contributed by atoms with Crippen LogP contribution in [-0.4, -0.2) is 41.9 Å². The monoisotopic (exact) mass is 427 g/mol. The average Bonchev–Trinajstić information content (AvgIpc) is 3.60. The first-order valence-corrected chi connectivity index (χ1v) is 10.7. The lowest BCUT2D eigenvalue weighted by molar-refractivity contribution is 0.102. The number of likely N-dealkylation sites (N-methyl/N-ethyl adjacent to an activating group) is 1. The Labute approximate surface area is 186 Å². The van der Waals surface area contributed by atoms with Crippen LogP contribution in [0.4, 0.5) is 11.4 Å². The number of amides is 1. The molecule has 1 unspecified atom stereocenters. The van der Waals surface area contributed by atoms with Gasteiger partial charge >= 0.3 is 0 Å². The molecule has 4 aromatic rings. The Kier molecular flexibility index (Phi) is 5.47. The van der Waals surface area contributed by atoms with Crippen LogP contribution < -0.4 is 15.5 Å². The largest absolute Gasteiger partial charge is 0.463 e. The number of furan rings is 1. The summed E-state index contributed by atoms with van der Waals surface area (Å²) in [5.74, 6) is 0.381. The van der Waals surface area contributed by atoms with Crippen molar-refractivity contribution in [2.75, 3.05) is 30.4 Å². The third-order valence-electron chi connectivity index (χ3n) is 5.80. The number of nitrogens with one attached hydrogen (secondary N) is 2. The Bertz CT molecular complexity index is 1180. The topological polar surface area (TPSA) is 75.3 Å². The van der Waals surface area contributed by atoms with Crippen molar-refractivity contribution in [3.63, 3.8) is 0 Å². The van der Waals surface area contributed by atoms with E-state index >= 15 is 0 Å². The van der Waals surface area contributed by atoms with Crippen LogP contribution in [0.2, 0.25) is 0 Å². The number of nitrogens with zero attached hydrogens (tertiary/aromatic N) is 3. The van der Waals surface area contributed by atoms with Crippen LogP contribution in [0.25, 0.3) is 17.1 Å². The zero-order valence-corrected chi connectivity index (χ0v) is 17.9. The van der Waals surface area contributed by atoms with E-state index in [1.807, 2.05) is 73.8 Å². The molecule has 1 amide bonds. The van der Waals surface area contributed by atoms with Crippen LogP contribution in [0.3, 0.4) is 0 Å². The summed E-state index contributed by atoms with van der Waals surface area (Å²) < 4.78 is 7.29. The first-order valence-electron chi connectivity index (χ1n) is 10.7. The maximum Gasteiger partial charge on any atom is 0.276 e. The fraction of sp³-hybridized carbons (Fsp3) is 0.200. The molecule has 7 nitrogen and oxygen atoms in total. The number of anilines is 2. The van der Waals surface area contributed by atoms with Crippen LogP contribution >= 0.6 is 0 Å². The Balaban J connectivity index is 1.36. The summed E-state index contributed by atoms with van der Waals surface area (Å²) in [5, 5.41) is 10.9. The lowest BCUT2D eigenvalue weighted by Gasteiger charge is -2.19. The van der Waals surface area contributed by atoms with Crippen LogP contribution in [-0.2, 0) is 0 Å². The van der Waals surface area contributed by atoms with Gasteiger partial charge in [-0.05, 0) is 62.0 Å². The molecule has 32 heavy (non-hydrogen) atoms. The number of hydrogen-bond donors (Lipinski definition) is 2. The predicted octanol–water partition coefficient (Wildman–Crippen LogP) is 4.18. The number of carbonyl (C=O) groups is 1. The highest BCUT2D eigenvalue weighted by Gasteiger charge is 2.21. The zero-order chi connectivity index (χ0) is 21.9. The number of rotatable bonds is 6. The third-order valence-corrected chi connectivity index (χ3v) is 5.80. The predicted molar refractivity (Wildman–Crippen MR) is 125 cm³/mol. The standard InChI is InChI=1S/C25H25N5O2/c1-26-19-13-14-29(17-19)20-11-9-18(10-12-20)27-25(31)22-16-23(24-8-5-15-32-24)30(28-22)21-6-3-2-4-7-21/h2-12,15-16,19,26H,13-14,17H2,1H3,(H,27,31). The number of para-hydroxylation sites is 1. The van der Waals surface area contributed by atoms with Gasteiger partial charge in [-0.15, -0.1) is 0 Å². The van der Waals surface area contributed by atoms with E-state index in [0.717, 1.165) is 42.3 Å². The van der Waals surface area contributed by atoms with Crippen molar-refractivity contribution < 1.29 is 9.21 Å². The lowest BCUT2D eigenvalue weighted by Crippen LogP contribution is -2.29. The molecule has 1 fully saturated rings. The molecule has 3 heterocycles. The summed E-state index contributed by atoms with van der Waals surface area (Å²) >= 11 is 0. The normalized spacial score (nSPS) is 15.8. The van der Waals surface area contributed by atoms with Crippen molar-refractivity contribution in [3.8, 4) is 17.1 Å². The molecule has 5 rings (SSSR count). The van der Waals surface area contributed by atoms with Crippen molar-refractivity contribution in [2.24, 2.45) is 0 Å². The Morgan fingerprint density at radius 3 is 2.53 bits per heavy atom. The SMILES string of the molecule is CNC1CCN(c2ccc(NC(=O)c3cc(-c4ccco4)n(-c4ccccc4)n3)cc2)C1. The molecule has 2 N–H and O–H groups in total. The second-order valence-corrected chi connectivity index (χ2v) is 7.86. The molecule has 1 aliphatic heterocycles. The molecule has 2 aromatic heterocycles. The number of carbonyl (C=O) groups excluding carboxylic acids is 1. The van der Waals surface area contributed by atoms with E-state index < -0.39 is 0 Å². The summed E-state index contributed by atoms with van der Waals surface area (Å²) in [6.45, 7) is 2.03. The Morgan fingerprint density at radius 1 is 1.03 bits per heavy atom. The van der Waals surface area contributed by atoms with Gasteiger partial charge in [0.1, 0.15) is 5.69 Å². The molecule has 7 heteroatoms. The molecule has 162 valence electrons. The van der Waals surface area contributed by atoms with Crippen molar-refractivity contribution in [2.45, 2.75) is 12.5 Å². The third kappa shape index (κ3) is 4.02. The zero-order valence-electron chi connectivity index (χ0n) is 17.9. The second-order valence-electron chi connectivity index (χ2n) is 7.86. The van der Waals surface area contributed by atoms with Crippen LogP contribution in [0.5, 0.6) is 0 Å². The molecule has 0 saturated carbocycles. The van der Waals surface area contributed by atoms with Gasteiger partial charge in [0.05, 0.1) is 12.0 Å². The molecule has 0 bridgehead atoms. The molecule has 0 aliphatic carbocycles. The maximum absolute atomic E-state index is 13.0. The highest BCUT2D eigenvalue weighted by Crippen LogP contribution is 2.26. The van der Waals surface area contributed by atoms with E-state index in [-0.39, 0.29) is 5.91 Å². The molecule has 2 aromatic carbocycles. The number of hydrogen-bond acceptors (Lipinski definition) is 5. The Hall–Kier alpha value is -3.84. The van der Waals surface area contributed by atoms with E-state index in [1.54, 1.807) is 17.0 Å². The van der Waals surface area contributed by atoms with Crippen LogP contribution in [0, 0.1) is 0 Å². The van der Waals surface area contributed by atoms with Gasteiger partial charge < -0.3 is 20.0 Å². The quantitative estimate of drug-likeness (QED) is 0.483. The van der Waals surface area contributed by atoms with E-state index in [1.165, 1.54) is 0 Å². The minimum Gasteiger partial charge on any atom is -0.463 e. The van der Waals surface area contributed by atoms with Gasteiger partial charge in [0.2, 0.25) is 0 Å². The fourth-order valence-electron chi connectivity index (χ4n) is 4.04. The summed E-state index contributed by atoms with van der Waals surface area (Å²) in [4.78, 5) is 15.3. The van der Waals surface area contributed by atoms with Crippen molar-refractivity contribution in [3.05, 3.63) is 84.8 Å². The molecular weight excluding hydrogens is 402 g/mol. The van der Waals surface area contributed by atoms with Crippen LogP contribution in [0.1, 0.15) is 16.9 Å². The van der Waals surface area contributed by atoms with E-state index in [2.05, 4.69) is 20.6 Å². The van der Waals surface area contributed by atoms with Crippen LogP contribution in [0.15, 0.2) is 83.5 Å². The van der Waals surface area contributed by atoms with Crippen molar-refractivity contribution in [1.29, 1.82) is 0 Å². The molecule has 0 spiro atoms. The minimum atomic E-state index is -0.267. The number of benzene rings is 2. The van der Waals surface area contributed by atoms with E-state index in [4.69, 9.17) is 4.42 Å². The molecule has 0 radical (unpaired) electrons. The Morgan fingerprint density at radius 2 is 1.84 bits per heavy atom. The molecule has 1 aliphatic rings. The second kappa shape index (κ2) is 8.72. The van der Waals surface area contributed by atoms with Crippen molar-refractivity contribution >= 4 is 17.3 Å². The minimum absolute atomic E-state index is 0.267. The van der Waals surface area contributed by atoms with Gasteiger partial charge in [-0.25, -0.2) is 4.68 Å². The van der Waals surface area contributed by atoms with E-state index in [0.29, 0.717) is 17.5 Å². The molecular formula is C25H25N5O2. The fourth-order valence-corrected chi connectivity index (χ4v) is 4.04. The smallest absolute Gasteiger partial charge is 0.276 e. The highest BCUT2D eigenvalue weighted by molar-refractivity contribution is 6.03. The summed E-state index contributed by atoms with van der Waals surface area (Å²) in [5.41, 5.74) is 3.79. The van der Waals surface area contributed by atoms with Crippen molar-refractivity contribution in [1.82, 2.24) is 15.1 Å². The molecule has 1 saturated heterocycles. The average molecular weight is 428 g/mol.